The number of nitrogens with zero attached hydrogens (tertiary/aromatic N) is 1. The highest BCUT2D eigenvalue weighted by Crippen LogP contribution is 2.49. The fourth-order valence-corrected chi connectivity index (χ4v) is 3.97. The van der Waals surface area contributed by atoms with Crippen molar-refractivity contribution in [2.24, 2.45) is 17.8 Å². The maximum Gasteiger partial charge on any atom is 0.306 e. The minimum Gasteiger partial charge on any atom is -0.456 e. The van der Waals surface area contributed by atoms with E-state index in [0.29, 0.717) is 18.3 Å². The average molecular weight is 332 g/mol. The molecule has 1 amide bonds. The Bertz CT molecular complexity index is 660. The van der Waals surface area contributed by atoms with E-state index in [9.17, 15) is 19.7 Å². The van der Waals surface area contributed by atoms with Crippen molar-refractivity contribution in [1.82, 2.24) is 0 Å². The zero-order valence-corrected chi connectivity index (χ0v) is 13.3. The Balaban J connectivity index is 1.46. The van der Waals surface area contributed by atoms with Crippen LogP contribution >= 0.6 is 0 Å². The third-order valence-electron chi connectivity index (χ3n) is 5.05. The number of carbonyl (C=O) groups excluding carboxylic acids is 2. The standard InChI is InChI=1S/C17H20N2O5/c20-16(18-14-3-1-2-4-15(14)19(22)23)10-24-17(21)9-13-8-11-5-6-12(13)7-11/h1-4,11-13H,5-10H2,(H,18,20)/t11-,12+,13-/m0/s1. The van der Waals surface area contributed by atoms with Crippen molar-refractivity contribution in [2.45, 2.75) is 32.1 Å². The number of rotatable bonds is 6. The summed E-state index contributed by atoms with van der Waals surface area (Å²) in [5.41, 5.74) is -0.101. The van der Waals surface area contributed by atoms with Crippen LogP contribution in [0.2, 0.25) is 0 Å². The van der Waals surface area contributed by atoms with E-state index in [-0.39, 0.29) is 17.3 Å². The number of amides is 1. The van der Waals surface area contributed by atoms with E-state index >= 15 is 0 Å². The van der Waals surface area contributed by atoms with Crippen LogP contribution in [-0.2, 0) is 14.3 Å². The van der Waals surface area contributed by atoms with Crippen LogP contribution in [-0.4, -0.2) is 23.4 Å². The van der Waals surface area contributed by atoms with Gasteiger partial charge in [-0.3, -0.25) is 19.7 Å². The van der Waals surface area contributed by atoms with Gasteiger partial charge in [-0.2, -0.15) is 0 Å². The quantitative estimate of drug-likeness (QED) is 0.490. The highest BCUT2D eigenvalue weighted by molar-refractivity contribution is 5.94. The zero-order valence-electron chi connectivity index (χ0n) is 13.3. The molecule has 7 nitrogen and oxygen atoms in total. The average Bonchev–Trinajstić information content (AvgIpc) is 3.16. The molecule has 7 heteroatoms. The van der Waals surface area contributed by atoms with Crippen molar-refractivity contribution in [3.05, 3.63) is 34.4 Å². The molecule has 0 aromatic heterocycles. The van der Waals surface area contributed by atoms with Gasteiger partial charge in [-0.1, -0.05) is 18.6 Å². The predicted molar refractivity (Wildman–Crippen MR) is 86.2 cm³/mol. The molecule has 0 saturated heterocycles. The molecule has 1 aromatic carbocycles. The minimum absolute atomic E-state index is 0.0941. The first-order chi connectivity index (χ1) is 11.5. The molecule has 0 spiro atoms. The molecule has 2 aliphatic rings. The Labute approximate surface area is 139 Å². The number of esters is 1. The number of nitro benzene ring substituents is 1. The molecule has 2 bridgehead atoms. The van der Waals surface area contributed by atoms with Gasteiger partial charge in [0, 0.05) is 12.5 Å². The topological polar surface area (TPSA) is 98.5 Å². The first-order valence-electron chi connectivity index (χ1n) is 8.22. The highest BCUT2D eigenvalue weighted by Gasteiger charge is 2.40. The van der Waals surface area contributed by atoms with Crippen molar-refractivity contribution in [2.75, 3.05) is 11.9 Å². The third-order valence-corrected chi connectivity index (χ3v) is 5.05. The summed E-state index contributed by atoms with van der Waals surface area (Å²) < 4.78 is 5.03. The molecule has 2 aliphatic carbocycles. The Morgan fingerprint density at radius 1 is 1.25 bits per heavy atom. The second-order valence-corrected chi connectivity index (χ2v) is 6.62. The number of para-hydroxylation sites is 2. The van der Waals surface area contributed by atoms with Crippen molar-refractivity contribution >= 4 is 23.3 Å². The summed E-state index contributed by atoms with van der Waals surface area (Å²) in [5, 5.41) is 13.3. The Morgan fingerprint density at radius 3 is 2.71 bits per heavy atom. The SMILES string of the molecule is O=C(COC(=O)C[C@@H]1C[C@H]2CC[C@@H]1C2)Nc1ccccc1[N+](=O)[O-]. The van der Waals surface area contributed by atoms with E-state index in [2.05, 4.69) is 5.32 Å². The predicted octanol–water partition coefficient (Wildman–Crippen LogP) is 2.90. The van der Waals surface area contributed by atoms with Gasteiger partial charge < -0.3 is 10.1 Å². The minimum atomic E-state index is -0.578. The van der Waals surface area contributed by atoms with Crippen LogP contribution in [0.25, 0.3) is 0 Å². The number of ether oxygens (including phenoxy) is 1. The van der Waals surface area contributed by atoms with Crippen LogP contribution < -0.4 is 5.32 Å². The first kappa shape index (κ1) is 16.4. The van der Waals surface area contributed by atoms with Crippen molar-refractivity contribution < 1.29 is 19.2 Å². The number of nitrogens with one attached hydrogen (secondary N) is 1. The number of anilines is 1. The van der Waals surface area contributed by atoms with Gasteiger partial charge in [-0.15, -0.1) is 0 Å². The van der Waals surface area contributed by atoms with Gasteiger partial charge >= 0.3 is 5.97 Å². The number of hydrogen-bond donors (Lipinski definition) is 1. The van der Waals surface area contributed by atoms with E-state index in [1.165, 1.54) is 37.5 Å². The molecule has 24 heavy (non-hydrogen) atoms. The first-order valence-corrected chi connectivity index (χ1v) is 8.22. The fraction of sp³-hybridized carbons (Fsp3) is 0.529. The van der Waals surface area contributed by atoms with Gasteiger partial charge in [0.05, 0.1) is 4.92 Å². The van der Waals surface area contributed by atoms with Gasteiger partial charge in [0.25, 0.3) is 11.6 Å². The van der Waals surface area contributed by atoms with E-state index in [1.54, 1.807) is 6.07 Å². The third kappa shape index (κ3) is 3.72. The van der Waals surface area contributed by atoms with Crippen LogP contribution in [0.4, 0.5) is 11.4 Å². The van der Waals surface area contributed by atoms with Crippen molar-refractivity contribution in [3.63, 3.8) is 0 Å². The summed E-state index contributed by atoms with van der Waals surface area (Å²) in [5.74, 6) is 0.823. The fourth-order valence-electron chi connectivity index (χ4n) is 3.97. The molecular weight excluding hydrogens is 312 g/mol. The number of benzene rings is 1. The Hall–Kier alpha value is -2.44. The summed E-state index contributed by atoms with van der Waals surface area (Å²) in [6.45, 7) is -0.425. The molecule has 0 aliphatic heterocycles. The molecule has 1 N–H and O–H groups in total. The lowest BCUT2D eigenvalue weighted by molar-refractivity contribution is -0.383. The molecule has 0 heterocycles. The van der Waals surface area contributed by atoms with Gasteiger partial charge in [0.1, 0.15) is 5.69 Å². The van der Waals surface area contributed by atoms with Gasteiger partial charge in [0.2, 0.25) is 0 Å². The molecule has 1 aromatic rings. The van der Waals surface area contributed by atoms with Crippen molar-refractivity contribution in [3.8, 4) is 0 Å². The highest BCUT2D eigenvalue weighted by atomic mass is 16.6. The number of fused-ring (bicyclic) bond motifs is 2. The van der Waals surface area contributed by atoms with Crippen molar-refractivity contribution in [1.29, 1.82) is 0 Å². The van der Waals surface area contributed by atoms with Gasteiger partial charge in [-0.25, -0.2) is 0 Å². The Morgan fingerprint density at radius 2 is 2.04 bits per heavy atom. The van der Waals surface area contributed by atoms with Crippen LogP contribution in [0.3, 0.4) is 0 Å². The van der Waals surface area contributed by atoms with E-state index < -0.39 is 17.4 Å². The van der Waals surface area contributed by atoms with Crippen LogP contribution in [0.15, 0.2) is 24.3 Å². The molecule has 2 fully saturated rings. The summed E-state index contributed by atoms with van der Waals surface area (Å²) in [4.78, 5) is 34.1. The Kier molecular flexibility index (Phi) is 4.78. The van der Waals surface area contributed by atoms with E-state index in [4.69, 9.17) is 4.74 Å². The number of carbonyl (C=O) groups is 2. The maximum atomic E-state index is 11.9. The molecule has 0 radical (unpaired) electrons. The van der Waals surface area contributed by atoms with Crippen LogP contribution in [0, 0.1) is 27.9 Å². The lowest BCUT2D eigenvalue weighted by Crippen LogP contribution is -2.23. The maximum absolute atomic E-state index is 11.9. The smallest absolute Gasteiger partial charge is 0.306 e. The molecule has 128 valence electrons. The molecule has 3 atom stereocenters. The summed E-state index contributed by atoms with van der Waals surface area (Å²) >= 11 is 0. The number of hydrogen-bond acceptors (Lipinski definition) is 5. The molecule has 2 saturated carbocycles. The normalized spacial score (nSPS) is 24.6. The zero-order chi connectivity index (χ0) is 17.1. The van der Waals surface area contributed by atoms with E-state index in [1.807, 2.05) is 0 Å². The molecule has 0 unspecified atom stereocenters. The van der Waals surface area contributed by atoms with Gasteiger partial charge in [-0.05, 0) is 43.1 Å². The summed E-state index contributed by atoms with van der Waals surface area (Å²) in [6, 6.07) is 5.84. The lowest BCUT2D eigenvalue weighted by Gasteiger charge is -2.20. The van der Waals surface area contributed by atoms with Gasteiger partial charge in [0.15, 0.2) is 6.61 Å². The van der Waals surface area contributed by atoms with Crippen LogP contribution in [0.5, 0.6) is 0 Å². The van der Waals surface area contributed by atoms with Crippen LogP contribution in [0.1, 0.15) is 32.1 Å². The lowest BCUT2D eigenvalue weighted by atomic mass is 9.86. The summed E-state index contributed by atoms with van der Waals surface area (Å²) in [7, 11) is 0. The molecular formula is C17H20N2O5. The summed E-state index contributed by atoms with van der Waals surface area (Å²) in [6.07, 6.45) is 5.13. The second-order valence-electron chi connectivity index (χ2n) is 6.62. The molecule has 3 rings (SSSR count). The van der Waals surface area contributed by atoms with E-state index in [0.717, 1.165) is 12.3 Å². The largest absolute Gasteiger partial charge is 0.456 e. The monoisotopic (exact) mass is 332 g/mol. The second kappa shape index (κ2) is 6.98. The number of nitro groups is 1.